The van der Waals surface area contributed by atoms with Crippen molar-refractivity contribution >= 4 is 53.5 Å². The van der Waals surface area contributed by atoms with Crippen LogP contribution < -0.4 is 70.7 Å². The largest absolute Gasteiger partial charge is 0.341 e. The summed E-state index contributed by atoms with van der Waals surface area (Å²) in [5, 5.41) is 20.4. The molecule has 3 aromatic heterocycles. The van der Waals surface area contributed by atoms with Crippen LogP contribution in [-0.4, -0.2) is 209 Å². The van der Waals surface area contributed by atoms with Crippen molar-refractivity contribution in [1.82, 2.24) is 71.4 Å². The number of aromatic nitrogens is 9. The highest BCUT2D eigenvalue weighted by Crippen LogP contribution is 2.42. The van der Waals surface area contributed by atoms with Gasteiger partial charge in [-0.15, -0.1) is 0 Å². The zero-order valence-corrected chi connectivity index (χ0v) is 85.7. The predicted octanol–water partition coefficient (Wildman–Crippen LogP) is 21.4. The molecule has 8 rings (SSSR count). The molecule has 0 saturated carbocycles. The molecule has 8 heterocycles. The van der Waals surface area contributed by atoms with E-state index in [1.165, 1.54) is 0 Å². The highest BCUT2D eigenvalue weighted by atomic mass is 15.4. The van der Waals surface area contributed by atoms with Crippen LogP contribution in [0.4, 0.5) is 53.5 Å². The molecule has 712 valence electrons. The topological polar surface area (TPSA) is 205 Å². The van der Waals surface area contributed by atoms with Gasteiger partial charge in [-0.05, 0) is 286 Å². The number of piperidine rings is 5. The molecule has 0 radical (unpaired) electrons. The van der Waals surface area contributed by atoms with E-state index in [4.69, 9.17) is 44.9 Å². The van der Waals surface area contributed by atoms with E-state index in [0.717, 1.165) is 344 Å². The van der Waals surface area contributed by atoms with Gasteiger partial charge in [0.05, 0.1) is 6.20 Å². The quantitative estimate of drug-likeness (QED) is 0.0263. The second kappa shape index (κ2) is 46.9. The Labute approximate surface area is 765 Å². The van der Waals surface area contributed by atoms with Crippen molar-refractivity contribution < 1.29 is 0 Å². The Morgan fingerprint density at radius 3 is 0.616 bits per heavy atom. The maximum atomic E-state index is 6.10. The van der Waals surface area contributed by atoms with Crippen LogP contribution in [0, 0.1) is 0 Å². The molecule has 5 saturated heterocycles. The molecule has 0 spiro atoms. The summed E-state index contributed by atoms with van der Waals surface area (Å²) >= 11 is 0. The summed E-state index contributed by atoms with van der Waals surface area (Å²) in [5.74, 6) is 7.30. The summed E-state index contributed by atoms with van der Waals surface area (Å²) < 4.78 is 0. The summed E-state index contributed by atoms with van der Waals surface area (Å²) in [6.07, 6.45) is 37.5. The molecule has 0 bridgehead atoms. The van der Waals surface area contributed by atoms with Crippen LogP contribution in [0.1, 0.15) is 412 Å². The van der Waals surface area contributed by atoms with Crippen LogP contribution in [0.25, 0.3) is 0 Å². The zero-order valence-electron chi connectivity index (χ0n) is 85.7. The molecule has 5 aliphatic heterocycles. The fourth-order valence-electron chi connectivity index (χ4n) is 22.8. The van der Waals surface area contributed by atoms with Gasteiger partial charge in [0.25, 0.3) is 0 Å². The number of nitrogens with zero attached hydrogens (tertiary/aromatic N) is 18. The van der Waals surface area contributed by atoms with Gasteiger partial charge in [0.15, 0.2) is 0 Å². The van der Waals surface area contributed by atoms with Crippen molar-refractivity contribution in [2.45, 2.75) is 498 Å². The molecule has 5 fully saturated rings. The first kappa shape index (κ1) is 105. The van der Waals surface area contributed by atoms with E-state index < -0.39 is 0 Å². The Hall–Kier alpha value is -5.67. The summed E-state index contributed by atoms with van der Waals surface area (Å²) in [4.78, 5) is 74.5. The molecule has 0 unspecified atom stereocenters. The molecule has 5 N–H and O–H groups in total. The maximum Gasteiger partial charge on any atom is 0.236 e. The molecule has 0 aliphatic carbocycles. The smallest absolute Gasteiger partial charge is 0.236 e. The molecule has 5 aliphatic rings. The van der Waals surface area contributed by atoms with Crippen LogP contribution in [0.3, 0.4) is 0 Å². The number of anilines is 9. The van der Waals surface area contributed by atoms with Gasteiger partial charge >= 0.3 is 0 Å². The van der Waals surface area contributed by atoms with Gasteiger partial charge in [-0.1, -0.05) is 144 Å². The minimum atomic E-state index is -0.131. The minimum absolute atomic E-state index is 0.0712. The fourth-order valence-corrected chi connectivity index (χ4v) is 22.8. The Bertz CT molecular complexity index is 3630. The summed E-state index contributed by atoms with van der Waals surface area (Å²) in [6.45, 7) is 81.0. The fraction of sp³-hybridized carbons (Fsp3) is 0.873. The van der Waals surface area contributed by atoms with E-state index >= 15 is 0 Å². The van der Waals surface area contributed by atoms with Crippen LogP contribution >= 0.6 is 0 Å². The minimum Gasteiger partial charge on any atom is -0.341 e. The Balaban J connectivity index is 1.21. The van der Waals surface area contributed by atoms with Crippen molar-refractivity contribution in [2.24, 2.45) is 0 Å². The SMILES string of the molecule is C=C=C=CN(CCCC)c1nc(N(CCCC)CCCC)nc(N(CCCCCCN(c2nc(N(CCCC)C3CC(C)(C)NC(C)(C)C3)nc(N(CCCCCCN(c3nc(N(CCCC)CCCC)nc(N(CCCC)CCCC)n3)C3CC(C)(C)NC(C)(C)C3)C3CC(C)(C)NC(C)(C)C3)n2)C2CC(C)(C)NC(C)(C)C2)C2CC(C)(C)NC(C)(C)C2)n1. The van der Waals surface area contributed by atoms with Gasteiger partial charge < -0.3 is 70.7 Å². The van der Waals surface area contributed by atoms with E-state index in [0.29, 0.717) is 5.95 Å². The molecular weight excluding hydrogens is 1550 g/mol. The summed E-state index contributed by atoms with van der Waals surface area (Å²) in [5.41, 5.74) is 5.05. The average Bonchev–Trinajstić information content (AvgIpc) is 0.769. The third kappa shape index (κ3) is 33.0. The van der Waals surface area contributed by atoms with Crippen molar-refractivity contribution in [1.29, 1.82) is 0 Å². The normalized spacial score (nSPS) is 20.2. The third-order valence-corrected chi connectivity index (χ3v) is 26.9. The Morgan fingerprint density at radius 2 is 0.408 bits per heavy atom. The van der Waals surface area contributed by atoms with Crippen LogP contribution in [-0.2, 0) is 0 Å². The number of hydrogen-bond acceptors (Lipinski definition) is 23. The molecular formula is C102H189N23. The Kier molecular flexibility index (Phi) is 39.3. The maximum absolute atomic E-state index is 6.10. The van der Waals surface area contributed by atoms with Crippen molar-refractivity contribution in [3.63, 3.8) is 0 Å². The second-order valence-electron chi connectivity index (χ2n) is 45.7. The molecule has 23 heteroatoms. The van der Waals surface area contributed by atoms with Gasteiger partial charge in [0.2, 0.25) is 53.5 Å². The predicted molar refractivity (Wildman–Crippen MR) is 535 cm³/mol. The van der Waals surface area contributed by atoms with Gasteiger partial charge in [0, 0.05) is 164 Å². The number of unbranched alkanes of at least 4 members (excludes halogenated alkanes) is 14. The monoisotopic (exact) mass is 1740 g/mol. The lowest BCUT2D eigenvalue weighted by Crippen LogP contribution is -2.63. The van der Waals surface area contributed by atoms with E-state index in [1.807, 2.05) is 6.20 Å². The van der Waals surface area contributed by atoms with Crippen LogP contribution in [0.15, 0.2) is 24.2 Å². The first-order valence-corrected chi connectivity index (χ1v) is 51.0. The van der Waals surface area contributed by atoms with Crippen molar-refractivity contribution in [2.75, 3.05) is 123 Å². The lowest BCUT2D eigenvalue weighted by molar-refractivity contribution is 0.155. The Morgan fingerprint density at radius 1 is 0.240 bits per heavy atom. The average molecular weight is 1740 g/mol. The van der Waals surface area contributed by atoms with E-state index in [-0.39, 0.29) is 85.6 Å². The summed E-state index contributed by atoms with van der Waals surface area (Å²) in [6, 6.07) is 1.02. The van der Waals surface area contributed by atoms with Crippen molar-refractivity contribution in [3.8, 4) is 0 Å². The second-order valence-corrected chi connectivity index (χ2v) is 45.7. The highest BCUT2D eigenvalue weighted by molar-refractivity contribution is 5.52. The van der Waals surface area contributed by atoms with E-state index in [9.17, 15) is 0 Å². The number of rotatable bonds is 53. The molecule has 125 heavy (non-hydrogen) atoms. The van der Waals surface area contributed by atoms with Crippen LogP contribution in [0.5, 0.6) is 0 Å². The molecule has 3 aromatic rings. The first-order chi connectivity index (χ1) is 58.8. The standard InChI is InChI=1S/C102H189N23/c1-30-39-56-117(57-40-31-2)84-103-85(118(58-41-32-3)59-42-33-4)106-88(105-84)122(80-71-95(14,15)113-96(16,17)72-80)65-52-48-50-54-67-124(82-75-99(22,23)115-100(24,25)76-82)91-109-90(121(64-47-38-9)79-69-93(10,11)112-94(12,13)70-79)110-92(111-91)125(83-77-101(26,27)116-102(28,29)78-83)68-55-51-49-53-66-123(81-73-97(18,19)114-98(20,21)74-81)89-107-86(119(60-43-34-5)61-44-35-6)104-87(108-89)120(62-45-36-7)63-46-37-8/h56,79-83,112-116H,1,31-38,40-55,57-78H2,2-29H3. The van der Waals surface area contributed by atoms with Crippen LogP contribution in [0.2, 0.25) is 0 Å². The zero-order chi connectivity index (χ0) is 91.8. The number of hydrogen-bond donors (Lipinski definition) is 5. The molecule has 0 amide bonds. The molecule has 0 atom stereocenters. The third-order valence-electron chi connectivity index (χ3n) is 26.9. The van der Waals surface area contributed by atoms with E-state index in [1.54, 1.807) is 0 Å². The first-order valence-electron chi connectivity index (χ1n) is 51.0. The van der Waals surface area contributed by atoms with Gasteiger partial charge in [-0.2, -0.15) is 44.9 Å². The number of nitrogens with one attached hydrogen (secondary N) is 5. The molecule has 23 nitrogen and oxygen atoms in total. The van der Waals surface area contributed by atoms with E-state index in [2.05, 4.69) is 283 Å². The lowest BCUT2D eigenvalue weighted by atomic mass is 9.79. The summed E-state index contributed by atoms with van der Waals surface area (Å²) in [7, 11) is 0. The van der Waals surface area contributed by atoms with Gasteiger partial charge in [-0.3, -0.25) is 0 Å². The van der Waals surface area contributed by atoms with Gasteiger partial charge in [0.1, 0.15) is 0 Å². The van der Waals surface area contributed by atoms with Gasteiger partial charge in [-0.25, -0.2) is 0 Å². The lowest BCUT2D eigenvalue weighted by Gasteiger charge is -2.51. The van der Waals surface area contributed by atoms with Crippen molar-refractivity contribution in [3.05, 3.63) is 24.2 Å². The molecule has 0 aromatic carbocycles. The highest BCUT2D eigenvalue weighted by Gasteiger charge is 2.48.